The molecule has 10 heteroatoms. The van der Waals surface area contributed by atoms with Crippen LogP contribution in [0.2, 0.25) is 0 Å². The van der Waals surface area contributed by atoms with Crippen molar-refractivity contribution >= 4 is 35.6 Å². The number of hydrogen-bond donors (Lipinski definition) is 0. The van der Waals surface area contributed by atoms with Crippen LogP contribution >= 0.6 is 0 Å². The van der Waals surface area contributed by atoms with Gasteiger partial charge in [-0.25, -0.2) is 0 Å². The maximum atomic E-state index is 12.6. The van der Waals surface area contributed by atoms with E-state index in [0.717, 1.165) is 9.80 Å². The van der Waals surface area contributed by atoms with Crippen molar-refractivity contribution < 1.29 is 38.2 Å². The summed E-state index contributed by atoms with van der Waals surface area (Å²) in [5.74, 6) is -2.93. The molecule has 0 radical (unpaired) electrons. The van der Waals surface area contributed by atoms with Crippen LogP contribution in [0.5, 0.6) is 0 Å². The molecule has 2 unspecified atom stereocenters. The first-order chi connectivity index (χ1) is 15.1. The zero-order valence-electron chi connectivity index (χ0n) is 19.4. The number of amides is 4. The molecule has 1 aliphatic heterocycles. The first kappa shape index (κ1) is 27.3. The molecule has 1 rings (SSSR count). The fourth-order valence-electron chi connectivity index (χ4n) is 3.55. The second-order valence-electron chi connectivity index (χ2n) is 7.76. The van der Waals surface area contributed by atoms with Gasteiger partial charge in [-0.2, -0.15) is 0 Å². The average molecular weight is 455 g/mol. The van der Waals surface area contributed by atoms with Crippen molar-refractivity contribution in [2.75, 3.05) is 13.2 Å². The van der Waals surface area contributed by atoms with Crippen molar-refractivity contribution in [1.82, 2.24) is 9.80 Å². The highest BCUT2D eigenvalue weighted by Crippen LogP contribution is 2.14. The topological polar surface area (TPSA) is 127 Å². The minimum Gasteiger partial charge on any atom is -0.463 e. The van der Waals surface area contributed by atoms with E-state index in [1.54, 1.807) is 13.8 Å². The van der Waals surface area contributed by atoms with Gasteiger partial charge in [0.15, 0.2) is 0 Å². The zero-order valence-corrected chi connectivity index (χ0v) is 19.4. The number of cyclic esters (lactones) is 2. The van der Waals surface area contributed by atoms with Crippen LogP contribution in [0.4, 0.5) is 0 Å². The fourth-order valence-corrected chi connectivity index (χ4v) is 3.55. The van der Waals surface area contributed by atoms with Gasteiger partial charge < -0.3 is 9.47 Å². The normalized spacial score (nSPS) is 23.1. The fraction of sp³-hybridized carbons (Fsp3) is 0.727. The van der Waals surface area contributed by atoms with Crippen LogP contribution in [0.25, 0.3) is 0 Å². The summed E-state index contributed by atoms with van der Waals surface area (Å²) in [4.78, 5) is 75.6. The van der Waals surface area contributed by atoms with Crippen molar-refractivity contribution in [2.24, 2.45) is 0 Å². The largest absolute Gasteiger partial charge is 0.463 e. The molecule has 1 fully saturated rings. The Morgan fingerprint density at radius 3 is 1.34 bits per heavy atom. The van der Waals surface area contributed by atoms with E-state index in [4.69, 9.17) is 9.47 Å². The van der Waals surface area contributed by atoms with Crippen LogP contribution in [0, 0.1) is 0 Å². The Labute approximate surface area is 188 Å². The van der Waals surface area contributed by atoms with Crippen LogP contribution in [0.3, 0.4) is 0 Å². The Morgan fingerprint density at radius 2 is 1.06 bits per heavy atom. The highest BCUT2D eigenvalue weighted by atomic mass is 16.5. The average Bonchev–Trinajstić information content (AvgIpc) is 2.72. The zero-order chi connectivity index (χ0) is 24.3. The van der Waals surface area contributed by atoms with Gasteiger partial charge in [-0.1, -0.05) is 13.8 Å². The highest BCUT2D eigenvalue weighted by Gasteiger charge is 2.29. The third kappa shape index (κ3) is 8.39. The number of carbonyl (C=O) groups is 6. The SMILES string of the molecule is CCC1COC(=O)CCCC(=O)N(C(C)=O)C(CC)COC(=O)CCCC(=O)N1C(C)=O. The Hall–Kier alpha value is -2.78. The summed E-state index contributed by atoms with van der Waals surface area (Å²) in [7, 11) is 0. The minimum absolute atomic E-state index is 0.0472. The number of hydrogen-bond acceptors (Lipinski definition) is 8. The predicted octanol–water partition coefficient (Wildman–Crippen LogP) is 1.73. The molecule has 180 valence electrons. The molecule has 0 aliphatic carbocycles. The monoisotopic (exact) mass is 454 g/mol. The first-order valence-corrected chi connectivity index (χ1v) is 11.1. The van der Waals surface area contributed by atoms with E-state index in [9.17, 15) is 28.8 Å². The van der Waals surface area contributed by atoms with E-state index in [1.165, 1.54) is 13.8 Å². The molecule has 0 N–H and O–H groups in total. The lowest BCUT2D eigenvalue weighted by molar-refractivity contribution is -0.156. The minimum atomic E-state index is -0.616. The van der Waals surface area contributed by atoms with Gasteiger partial charge in [0.2, 0.25) is 23.6 Å². The molecule has 0 saturated carbocycles. The lowest BCUT2D eigenvalue weighted by Gasteiger charge is -2.29. The van der Waals surface area contributed by atoms with Crippen molar-refractivity contribution in [3.63, 3.8) is 0 Å². The second-order valence-corrected chi connectivity index (χ2v) is 7.76. The van der Waals surface area contributed by atoms with Gasteiger partial charge in [0, 0.05) is 39.5 Å². The van der Waals surface area contributed by atoms with E-state index in [2.05, 4.69) is 0 Å². The smallest absolute Gasteiger partial charge is 0.305 e. The van der Waals surface area contributed by atoms with Crippen LogP contribution in [-0.4, -0.2) is 70.7 Å². The van der Waals surface area contributed by atoms with Crippen molar-refractivity contribution in [2.45, 2.75) is 91.1 Å². The maximum absolute atomic E-state index is 12.6. The van der Waals surface area contributed by atoms with Crippen molar-refractivity contribution in [3.05, 3.63) is 0 Å². The summed E-state index contributed by atoms with van der Waals surface area (Å²) in [6.45, 7) is 5.77. The van der Waals surface area contributed by atoms with Crippen LogP contribution < -0.4 is 0 Å². The quantitative estimate of drug-likeness (QED) is 0.577. The summed E-state index contributed by atoms with van der Waals surface area (Å²) >= 11 is 0. The molecule has 0 aromatic heterocycles. The number of imide groups is 2. The summed E-state index contributed by atoms with van der Waals surface area (Å²) in [6, 6.07) is -1.23. The summed E-state index contributed by atoms with van der Waals surface area (Å²) < 4.78 is 10.5. The van der Waals surface area contributed by atoms with Gasteiger partial charge in [0.1, 0.15) is 13.2 Å². The summed E-state index contributed by atoms with van der Waals surface area (Å²) in [5.41, 5.74) is 0. The Bertz CT molecular complexity index is 661. The van der Waals surface area contributed by atoms with Crippen molar-refractivity contribution in [1.29, 1.82) is 0 Å². The Morgan fingerprint density at radius 1 is 0.719 bits per heavy atom. The lowest BCUT2D eigenvalue weighted by Crippen LogP contribution is -2.46. The van der Waals surface area contributed by atoms with E-state index >= 15 is 0 Å². The van der Waals surface area contributed by atoms with Gasteiger partial charge in [-0.3, -0.25) is 38.6 Å². The van der Waals surface area contributed by atoms with Gasteiger partial charge in [-0.05, 0) is 25.7 Å². The third-order valence-corrected chi connectivity index (χ3v) is 5.31. The molecule has 1 saturated heterocycles. The van der Waals surface area contributed by atoms with Crippen molar-refractivity contribution in [3.8, 4) is 0 Å². The van der Waals surface area contributed by atoms with Crippen LogP contribution in [0.15, 0.2) is 0 Å². The Kier molecular flexibility index (Phi) is 11.6. The molecule has 0 aromatic carbocycles. The summed E-state index contributed by atoms with van der Waals surface area (Å²) in [6.07, 6.45) is 0.939. The number of esters is 2. The van der Waals surface area contributed by atoms with Gasteiger partial charge in [0.05, 0.1) is 12.1 Å². The Balaban J connectivity index is 3.02. The molecule has 10 nitrogen and oxygen atoms in total. The molecular formula is C22H34N2O8. The van der Waals surface area contributed by atoms with E-state index in [1.807, 2.05) is 0 Å². The molecule has 1 aliphatic rings. The number of nitrogens with zero attached hydrogens (tertiary/aromatic N) is 2. The van der Waals surface area contributed by atoms with Gasteiger partial charge in [0.25, 0.3) is 0 Å². The maximum Gasteiger partial charge on any atom is 0.305 e. The molecule has 1 heterocycles. The lowest BCUT2D eigenvalue weighted by atomic mass is 10.1. The molecule has 2 atom stereocenters. The number of carbonyl (C=O) groups excluding carboxylic acids is 6. The number of ether oxygens (including phenoxy) is 2. The first-order valence-electron chi connectivity index (χ1n) is 11.1. The highest BCUT2D eigenvalue weighted by molar-refractivity contribution is 5.95. The predicted molar refractivity (Wildman–Crippen MR) is 113 cm³/mol. The van der Waals surface area contributed by atoms with Gasteiger partial charge in [-0.15, -0.1) is 0 Å². The summed E-state index contributed by atoms with van der Waals surface area (Å²) in [5, 5.41) is 0. The van der Waals surface area contributed by atoms with Crippen LogP contribution in [-0.2, 0) is 38.2 Å². The molecule has 32 heavy (non-hydrogen) atoms. The van der Waals surface area contributed by atoms with E-state index < -0.39 is 47.7 Å². The molecule has 4 amide bonds. The van der Waals surface area contributed by atoms with E-state index in [0.29, 0.717) is 12.8 Å². The second kappa shape index (κ2) is 13.6. The van der Waals surface area contributed by atoms with Crippen LogP contribution in [0.1, 0.15) is 79.1 Å². The molecule has 0 spiro atoms. The number of rotatable bonds is 2. The molecule has 0 aromatic rings. The van der Waals surface area contributed by atoms with E-state index in [-0.39, 0.29) is 51.7 Å². The standard InChI is InChI=1S/C22H34N2O8/c1-5-17-13-31-21(29)11-8-10-20(28)24(16(4)26)18(6-2)14-32-22(30)12-7-9-19(27)23(17)15(3)25/h17-18H,5-14H2,1-4H3. The molecular weight excluding hydrogens is 420 g/mol. The third-order valence-electron chi connectivity index (χ3n) is 5.31. The molecule has 0 bridgehead atoms. The van der Waals surface area contributed by atoms with Gasteiger partial charge >= 0.3 is 11.9 Å².